The Morgan fingerprint density at radius 2 is 2.24 bits per heavy atom. The van der Waals surface area contributed by atoms with Crippen molar-refractivity contribution in [1.82, 2.24) is 10.3 Å². The molecule has 0 aromatic carbocycles. The Morgan fingerprint density at radius 1 is 1.53 bits per heavy atom. The van der Waals surface area contributed by atoms with Crippen molar-refractivity contribution < 1.29 is 19.4 Å². The second kappa shape index (κ2) is 6.29. The lowest BCUT2D eigenvalue weighted by Gasteiger charge is -2.10. The molecule has 1 aromatic heterocycles. The lowest BCUT2D eigenvalue weighted by molar-refractivity contribution is 0.194. The molecule has 6 nitrogen and oxygen atoms in total. The van der Waals surface area contributed by atoms with E-state index >= 15 is 0 Å². The molecule has 2 N–H and O–H groups in total. The summed E-state index contributed by atoms with van der Waals surface area (Å²) >= 11 is 3.30. The van der Waals surface area contributed by atoms with Gasteiger partial charge < -0.3 is 19.9 Å². The predicted octanol–water partition coefficient (Wildman–Crippen LogP) is 1.67. The summed E-state index contributed by atoms with van der Waals surface area (Å²) in [4.78, 5) is 14.6. The minimum Gasteiger partial charge on any atom is -0.495 e. The normalized spacial score (nSPS) is 9.82. The number of methoxy groups -OCH3 is 2. The van der Waals surface area contributed by atoms with E-state index < -0.39 is 6.09 Å². The summed E-state index contributed by atoms with van der Waals surface area (Å²) in [6.45, 7) is 0.267. The number of hydrogen-bond donors (Lipinski definition) is 2. The molecule has 0 aliphatic heterocycles. The summed E-state index contributed by atoms with van der Waals surface area (Å²) in [5.41, 5.74) is 0.640. The fraction of sp³-hybridized carbons (Fsp3) is 0.400. The van der Waals surface area contributed by atoms with E-state index in [0.29, 0.717) is 28.2 Å². The number of rotatable bonds is 5. The first-order valence-electron chi connectivity index (χ1n) is 4.82. The average Bonchev–Trinajstić information content (AvgIpc) is 2.30. The summed E-state index contributed by atoms with van der Waals surface area (Å²) < 4.78 is 10.9. The van der Waals surface area contributed by atoms with Crippen LogP contribution in [0.1, 0.15) is 5.69 Å². The Balaban J connectivity index is 2.84. The van der Waals surface area contributed by atoms with Gasteiger partial charge in [0, 0.05) is 19.0 Å². The van der Waals surface area contributed by atoms with Gasteiger partial charge in [-0.2, -0.15) is 0 Å². The second-order valence-electron chi connectivity index (χ2n) is 3.11. The number of hydrogen-bond acceptors (Lipinski definition) is 4. The van der Waals surface area contributed by atoms with E-state index in [1.165, 1.54) is 14.2 Å². The number of aromatic nitrogens is 1. The van der Waals surface area contributed by atoms with Gasteiger partial charge in [-0.15, -0.1) is 0 Å². The van der Waals surface area contributed by atoms with Crippen molar-refractivity contribution in [2.24, 2.45) is 0 Å². The van der Waals surface area contributed by atoms with Crippen LogP contribution in [0.15, 0.2) is 10.5 Å². The van der Waals surface area contributed by atoms with Gasteiger partial charge in [0.2, 0.25) is 5.88 Å². The minimum absolute atomic E-state index is 0.267. The van der Waals surface area contributed by atoms with E-state index in [9.17, 15) is 4.79 Å². The Bertz CT molecular complexity index is 412. The summed E-state index contributed by atoms with van der Waals surface area (Å²) in [7, 11) is 3.04. The minimum atomic E-state index is -1.06. The van der Waals surface area contributed by atoms with Crippen LogP contribution in [-0.2, 0) is 6.42 Å². The van der Waals surface area contributed by atoms with E-state index in [4.69, 9.17) is 14.6 Å². The van der Waals surface area contributed by atoms with Crippen LogP contribution in [0.2, 0.25) is 0 Å². The van der Waals surface area contributed by atoms with Gasteiger partial charge in [-0.05, 0) is 15.9 Å². The second-order valence-corrected chi connectivity index (χ2v) is 3.96. The van der Waals surface area contributed by atoms with Crippen LogP contribution < -0.4 is 14.8 Å². The molecule has 0 radical (unpaired) electrons. The van der Waals surface area contributed by atoms with Crippen molar-refractivity contribution in [3.8, 4) is 11.6 Å². The molecule has 7 heteroatoms. The molecule has 1 heterocycles. The fourth-order valence-electron chi connectivity index (χ4n) is 1.28. The maximum absolute atomic E-state index is 10.3. The topological polar surface area (TPSA) is 80.7 Å². The van der Waals surface area contributed by atoms with Crippen molar-refractivity contribution in [3.63, 3.8) is 0 Å². The molecule has 0 unspecified atom stereocenters. The number of halogens is 1. The molecule has 0 aliphatic carbocycles. The molecule has 1 amide bonds. The maximum atomic E-state index is 10.3. The molecule has 0 spiro atoms. The number of carbonyl (C=O) groups is 1. The molecular weight excluding hydrogens is 292 g/mol. The first-order valence-corrected chi connectivity index (χ1v) is 5.62. The van der Waals surface area contributed by atoms with E-state index in [-0.39, 0.29) is 6.54 Å². The molecule has 0 aliphatic rings. The largest absolute Gasteiger partial charge is 0.495 e. The van der Waals surface area contributed by atoms with E-state index in [1.807, 2.05) is 0 Å². The zero-order chi connectivity index (χ0) is 12.8. The van der Waals surface area contributed by atoms with Crippen molar-refractivity contribution in [3.05, 3.63) is 16.2 Å². The Labute approximate surface area is 107 Å². The molecule has 0 saturated heterocycles. The summed E-state index contributed by atoms with van der Waals surface area (Å²) in [6.07, 6.45) is -0.632. The van der Waals surface area contributed by atoms with Crippen molar-refractivity contribution in [2.45, 2.75) is 6.42 Å². The third-order valence-corrected chi connectivity index (χ3v) is 2.60. The monoisotopic (exact) mass is 304 g/mol. The third kappa shape index (κ3) is 3.77. The molecule has 17 heavy (non-hydrogen) atoms. The summed E-state index contributed by atoms with van der Waals surface area (Å²) in [5, 5.41) is 10.7. The molecule has 0 fully saturated rings. The average molecular weight is 305 g/mol. The molecule has 94 valence electrons. The standard InChI is InChI=1S/C10H13BrN2O4/c1-16-8-5-6(11)9(17-2)13-7(8)3-4-12-10(14)15/h5,12H,3-4H2,1-2H3,(H,14,15). The molecular formula is C10H13BrN2O4. The summed E-state index contributed by atoms with van der Waals surface area (Å²) in [5.74, 6) is 1.03. The van der Waals surface area contributed by atoms with Gasteiger partial charge in [-0.1, -0.05) is 0 Å². The Hall–Kier alpha value is -1.50. The first-order chi connectivity index (χ1) is 8.08. The lowest BCUT2D eigenvalue weighted by Crippen LogP contribution is -2.23. The van der Waals surface area contributed by atoms with Crippen LogP contribution in [0, 0.1) is 0 Å². The van der Waals surface area contributed by atoms with Crippen LogP contribution in [0.4, 0.5) is 4.79 Å². The number of pyridine rings is 1. The number of nitrogens with one attached hydrogen (secondary N) is 1. The van der Waals surface area contributed by atoms with Crippen molar-refractivity contribution >= 4 is 22.0 Å². The first kappa shape index (κ1) is 13.6. The van der Waals surface area contributed by atoms with E-state index in [0.717, 1.165) is 0 Å². The highest BCUT2D eigenvalue weighted by molar-refractivity contribution is 9.10. The van der Waals surface area contributed by atoms with Gasteiger partial charge >= 0.3 is 6.09 Å². The van der Waals surface area contributed by atoms with Crippen molar-refractivity contribution in [2.75, 3.05) is 20.8 Å². The van der Waals surface area contributed by atoms with Gasteiger partial charge in [0.15, 0.2) is 0 Å². The van der Waals surface area contributed by atoms with E-state index in [2.05, 4.69) is 26.2 Å². The zero-order valence-electron chi connectivity index (χ0n) is 9.49. The highest BCUT2D eigenvalue weighted by atomic mass is 79.9. The van der Waals surface area contributed by atoms with Gasteiger partial charge in [0.25, 0.3) is 0 Å². The number of amides is 1. The van der Waals surface area contributed by atoms with Gasteiger partial charge in [0.05, 0.1) is 24.4 Å². The van der Waals surface area contributed by atoms with Gasteiger partial charge in [-0.25, -0.2) is 9.78 Å². The van der Waals surface area contributed by atoms with E-state index in [1.54, 1.807) is 6.07 Å². The van der Waals surface area contributed by atoms with Crippen LogP contribution in [-0.4, -0.2) is 36.9 Å². The van der Waals surface area contributed by atoms with Crippen LogP contribution in [0.3, 0.4) is 0 Å². The predicted molar refractivity (Wildman–Crippen MR) is 64.8 cm³/mol. The molecule has 0 saturated carbocycles. The van der Waals surface area contributed by atoms with Crippen LogP contribution in [0.5, 0.6) is 11.6 Å². The summed E-state index contributed by atoms with van der Waals surface area (Å²) in [6, 6.07) is 1.74. The molecule has 0 atom stereocenters. The zero-order valence-corrected chi connectivity index (χ0v) is 11.1. The smallest absolute Gasteiger partial charge is 0.404 e. The molecule has 1 rings (SSSR count). The quantitative estimate of drug-likeness (QED) is 0.865. The Morgan fingerprint density at radius 3 is 2.76 bits per heavy atom. The highest BCUT2D eigenvalue weighted by Gasteiger charge is 2.11. The number of ether oxygens (including phenoxy) is 2. The number of nitrogens with zero attached hydrogens (tertiary/aromatic N) is 1. The highest BCUT2D eigenvalue weighted by Crippen LogP contribution is 2.29. The lowest BCUT2D eigenvalue weighted by atomic mass is 10.2. The van der Waals surface area contributed by atoms with Gasteiger partial charge in [-0.3, -0.25) is 0 Å². The SMILES string of the molecule is COc1cc(Br)c(OC)nc1CCNC(=O)O. The van der Waals surface area contributed by atoms with Crippen LogP contribution >= 0.6 is 15.9 Å². The number of carboxylic acid groups (broad SMARTS) is 1. The molecule has 0 bridgehead atoms. The van der Waals surface area contributed by atoms with Gasteiger partial charge in [0.1, 0.15) is 5.75 Å². The third-order valence-electron chi connectivity index (χ3n) is 2.03. The van der Waals surface area contributed by atoms with Crippen LogP contribution in [0.25, 0.3) is 0 Å². The van der Waals surface area contributed by atoms with Crippen molar-refractivity contribution in [1.29, 1.82) is 0 Å². The Kier molecular flexibility index (Phi) is 5.02. The fourth-order valence-corrected chi connectivity index (χ4v) is 1.74. The molecule has 1 aromatic rings. The maximum Gasteiger partial charge on any atom is 0.404 e.